The third kappa shape index (κ3) is 3.72. The Morgan fingerprint density at radius 3 is 2.76 bits per heavy atom. The molecule has 0 fully saturated rings. The van der Waals surface area contributed by atoms with Crippen LogP contribution in [0.1, 0.15) is 29.9 Å². The van der Waals surface area contributed by atoms with Gasteiger partial charge in [-0.1, -0.05) is 19.1 Å². The van der Waals surface area contributed by atoms with Gasteiger partial charge in [-0.2, -0.15) is 0 Å². The second-order valence-electron chi connectivity index (χ2n) is 4.51. The van der Waals surface area contributed by atoms with Crippen molar-refractivity contribution >= 4 is 17.4 Å². The molecule has 0 spiro atoms. The van der Waals surface area contributed by atoms with Crippen LogP contribution in [-0.4, -0.2) is 17.5 Å². The monoisotopic (exact) mass is 285 g/mol. The summed E-state index contributed by atoms with van der Waals surface area (Å²) in [7, 11) is 0. The highest BCUT2D eigenvalue weighted by molar-refractivity contribution is 6.05. The molecule has 5 heteroatoms. The molecule has 0 saturated carbocycles. The smallest absolute Gasteiger partial charge is 0.255 e. The van der Waals surface area contributed by atoms with Crippen LogP contribution in [0.15, 0.2) is 36.4 Å². The summed E-state index contributed by atoms with van der Waals surface area (Å²) in [6, 6.07) is 10.6. The van der Waals surface area contributed by atoms with E-state index >= 15 is 0 Å². The minimum atomic E-state index is -0.231. The van der Waals surface area contributed by atoms with Gasteiger partial charge < -0.3 is 15.8 Å². The molecule has 0 radical (unpaired) electrons. The van der Waals surface area contributed by atoms with Crippen LogP contribution >= 0.6 is 0 Å². The van der Waals surface area contributed by atoms with Crippen molar-refractivity contribution in [2.75, 3.05) is 17.7 Å². The number of nitrogens with two attached hydrogens (primary N) is 1. The van der Waals surface area contributed by atoms with E-state index in [0.29, 0.717) is 29.4 Å². The van der Waals surface area contributed by atoms with Gasteiger partial charge >= 0.3 is 0 Å². The Balaban J connectivity index is 2.24. The van der Waals surface area contributed by atoms with E-state index in [1.807, 2.05) is 32.0 Å². The zero-order valence-electron chi connectivity index (χ0n) is 12.2. The minimum Gasteiger partial charge on any atom is -0.492 e. The van der Waals surface area contributed by atoms with E-state index in [4.69, 9.17) is 10.5 Å². The number of nitrogens with one attached hydrogen (secondary N) is 1. The Morgan fingerprint density at radius 1 is 1.29 bits per heavy atom. The predicted molar refractivity (Wildman–Crippen MR) is 83.6 cm³/mol. The third-order valence-corrected chi connectivity index (χ3v) is 2.96. The number of carbonyl (C=O) groups excluding carboxylic acids is 1. The van der Waals surface area contributed by atoms with Gasteiger partial charge in [-0.15, -0.1) is 0 Å². The maximum absolute atomic E-state index is 12.3. The van der Waals surface area contributed by atoms with Crippen LogP contribution in [0.2, 0.25) is 0 Å². The largest absolute Gasteiger partial charge is 0.492 e. The number of carbonyl (C=O) groups is 1. The summed E-state index contributed by atoms with van der Waals surface area (Å²) in [5.74, 6) is 0.759. The Kier molecular flexibility index (Phi) is 4.77. The molecule has 0 unspecified atom stereocenters. The molecular formula is C16H19N3O2. The fourth-order valence-electron chi connectivity index (χ4n) is 1.97. The highest BCUT2D eigenvalue weighted by atomic mass is 16.5. The SMILES string of the molecule is CCOc1ccccc1NC(=O)c1cc(N)nc(CC)c1. The summed E-state index contributed by atoms with van der Waals surface area (Å²) < 4.78 is 5.49. The summed E-state index contributed by atoms with van der Waals surface area (Å²) in [5.41, 5.74) is 7.65. The van der Waals surface area contributed by atoms with Crippen molar-refractivity contribution in [3.8, 4) is 5.75 Å². The summed E-state index contributed by atoms with van der Waals surface area (Å²) in [6.45, 7) is 4.40. The van der Waals surface area contributed by atoms with Gasteiger partial charge in [0, 0.05) is 11.3 Å². The number of hydrogen-bond donors (Lipinski definition) is 2. The highest BCUT2D eigenvalue weighted by Crippen LogP contribution is 2.24. The molecule has 0 bridgehead atoms. The Morgan fingerprint density at radius 2 is 2.05 bits per heavy atom. The van der Waals surface area contributed by atoms with Crippen LogP contribution in [0, 0.1) is 0 Å². The highest BCUT2D eigenvalue weighted by Gasteiger charge is 2.11. The first kappa shape index (κ1) is 14.8. The molecule has 2 rings (SSSR count). The Labute approximate surface area is 124 Å². The number of ether oxygens (including phenoxy) is 1. The summed E-state index contributed by atoms with van der Waals surface area (Å²) in [4.78, 5) is 16.5. The van der Waals surface area contributed by atoms with Gasteiger partial charge in [-0.05, 0) is 37.6 Å². The number of rotatable bonds is 5. The first-order valence-electron chi connectivity index (χ1n) is 6.93. The molecule has 1 amide bonds. The molecule has 5 nitrogen and oxygen atoms in total. The maximum Gasteiger partial charge on any atom is 0.255 e. The normalized spacial score (nSPS) is 10.2. The van der Waals surface area contributed by atoms with Gasteiger partial charge in [0.05, 0.1) is 12.3 Å². The third-order valence-electron chi connectivity index (χ3n) is 2.96. The first-order valence-corrected chi connectivity index (χ1v) is 6.93. The van der Waals surface area contributed by atoms with Crippen LogP contribution in [0.5, 0.6) is 5.75 Å². The van der Waals surface area contributed by atoms with Gasteiger partial charge in [0.2, 0.25) is 0 Å². The van der Waals surface area contributed by atoms with Crippen molar-refractivity contribution in [2.45, 2.75) is 20.3 Å². The summed E-state index contributed by atoms with van der Waals surface area (Å²) in [5, 5.41) is 2.84. The van der Waals surface area contributed by atoms with E-state index in [9.17, 15) is 4.79 Å². The molecule has 0 aliphatic heterocycles. The van der Waals surface area contributed by atoms with Gasteiger partial charge in [0.1, 0.15) is 11.6 Å². The van der Waals surface area contributed by atoms with E-state index in [2.05, 4.69) is 10.3 Å². The Hall–Kier alpha value is -2.56. The first-order chi connectivity index (χ1) is 10.1. The van der Waals surface area contributed by atoms with Crippen LogP contribution in [0.4, 0.5) is 11.5 Å². The molecule has 21 heavy (non-hydrogen) atoms. The van der Waals surface area contributed by atoms with Crippen molar-refractivity contribution in [2.24, 2.45) is 0 Å². The van der Waals surface area contributed by atoms with E-state index in [1.54, 1.807) is 18.2 Å². The van der Waals surface area contributed by atoms with E-state index < -0.39 is 0 Å². The van der Waals surface area contributed by atoms with Crippen molar-refractivity contribution in [1.82, 2.24) is 4.98 Å². The van der Waals surface area contributed by atoms with Crippen molar-refractivity contribution in [3.05, 3.63) is 47.7 Å². The number of nitrogen functional groups attached to an aromatic ring is 1. The van der Waals surface area contributed by atoms with Crippen LogP contribution < -0.4 is 15.8 Å². The zero-order chi connectivity index (χ0) is 15.2. The van der Waals surface area contributed by atoms with E-state index in [-0.39, 0.29) is 5.91 Å². The van der Waals surface area contributed by atoms with Crippen molar-refractivity contribution in [3.63, 3.8) is 0 Å². The molecule has 1 aromatic carbocycles. The fourth-order valence-corrected chi connectivity index (χ4v) is 1.97. The molecule has 110 valence electrons. The lowest BCUT2D eigenvalue weighted by Gasteiger charge is -2.11. The zero-order valence-corrected chi connectivity index (χ0v) is 12.2. The number of amides is 1. The van der Waals surface area contributed by atoms with Crippen molar-refractivity contribution in [1.29, 1.82) is 0 Å². The van der Waals surface area contributed by atoms with Crippen LogP contribution in [-0.2, 0) is 6.42 Å². The van der Waals surface area contributed by atoms with Gasteiger partial charge in [-0.3, -0.25) is 4.79 Å². The molecule has 0 saturated heterocycles. The fraction of sp³-hybridized carbons (Fsp3) is 0.250. The Bertz CT molecular complexity index is 641. The lowest BCUT2D eigenvalue weighted by molar-refractivity contribution is 0.102. The molecule has 2 aromatic rings. The second kappa shape index (κ2) is 6.74. The molecular weight excluding hydrogens is 266 g/mol. The van der Waals surface area contributed by atoms with Crippen molar-refractivity contribution < 1.29 is 9.53 Å². The number of aryl methyl sites for hydroxylation is 1. The molecule has 0 atom stereocenters. The maximum atomic E-state index is 12.3. The molecule has 0 aliphatic carbocycles. The number of nitrogens with zero attached hydrogens (tertiary/aromatic N) is 1. The molecule has 0 aliphatic rings. The topological polar surface area (TPSA) is 77.2 Å². The minimum absolute atomic E-state index is 0.231. The van der Waals surface area contributed by atoms with E-state index in [1.165, 1.54) is 0 Å². The number of benzene rings is 1. The standard InChI is InChI=1S/C16H19N3O2/c1-3-12-9-11(10-15(17)18-12)16(20)19-13-7-5-6-8-14(13)21-4-2/h5-10H,3-4H2,1-2H3,(H2,17,18)(H,19,20). The molecule has 1 heterocycles. The lowest BCUT2D eigenvalue weighted by Crippen LogP contribution is -2.14. The van der Waals surface area contributed by atoms with Crippen LogP contribution in [0.25, 0.3) is 0 Å². The van der Waals surface area contributed by atoms with Gasteiger partial charge in [0.25, 0.3) is 5.91 Å². The number of aromatic nitrogens is 1. The average Bonchev–Trinajstić information content (AvgIpc) is 2.48. The molecule has 1 aromatic heterocycles. The van der Waals surface area contributed by atoms with E-state index in [0.717, 1.165) is 12.1 Å². The summed E-state index contributed by atoms with van der Waals surface area (Å²) in [6.07, 6.45) is 0.723. The lowest BCUT2D eigenvalue weighted by atomic mass is 10.1. The number of anilines is 2. The quantitative estimate of drug-likeness (QED) is 0.885. The molecule has 3 N–H and O–H groups in total. The van der Waals surface area contributed by atoms with Crippen LogP contribution in [0.3, 0.4) is 0 Å². The number of pyridine rings is 1. The van der Waals surface area contributed by atoms with Gasteiger partial charge in [-0.25, -0.2) is 4.98 Å². The summed E-state index contributed by atoms with van der Waals surface area (Å²) >= 11 is 0. The average molecular weight is 285 g/mol. The number of hydrogen-bond acceptors (Lipinski definition) is 4. The number of para-hydroxylation sites is 2. The van der Waals surface area contributed by atoms with Gasteiger partial charge in [0.15, 0.2) is 0 Å². The predicted octanol–water partition coefficient (Wildman–Crippen LogP) is 2.88. The second-order valence-corrected chi connectivity index (χ2v) is 4.51.